The number of hydrogen-bond donors (Lipinski definition) is 0. The number of nitrogens with zero attached hydrogens (tertiary/aromatic N) is 3. The van der Waals surface area contributed by atoms with Gasteiger partial charge in [0.15, 0.2) is 27.8 Å². The Morgan fingerprint density at radius 2 is 1.54 bits per heavy atom. The number of carbonyl (C=O) groups is 2. The fourth-order valence-corrected chi connectivity index (χ4v) is 5.12. The third kappa shape index (κ3) is 3.02. The number of benzene rings is 3. The molecule has 7 heteroatoms. The minimum absolute atomic E-state index is 0.132. The van der Waals surface area contributed by atoms with Crippen LogP contribution in [-0.2, 0) is 0 Å². The van der Waals surface area contributed by atoms with Crippen LogP contribution in [0.15, 0.2) is 94.4 Å². The Bertz CT molecular complexity index is 1770. The van der Waals surface area contributed by atoms with Crippen LogP contribution in [0.2, 0.25) is 0 Å². The normalized spacial score (nSPS) is 13.2. The maximum Gasteiger partial charge on any atom is 0.258 e. The van der Waals surface area contributed by atoms with E-state index >= 15 is 0 Å². The van der Waals surface area contributed by atoms with Crippen molar-refractivity contribution in [2.45, 2.75) is 0 Å². The Labute approximate surface area is 202 Å². The third-order valence-electron chi connectivity index (χ3n) is 6.17. The second-order valence-electron chi connectivity index (χ2n) is 8.25. The van der Waals surface area contributed by atoms with Crippen molar-refractivity contribution in [2.75, 3.05) is 0 Å². The van der Waals surface area contributed by atoms with E-state index in [0.29, 0.717) is 38.9 Å². The standard InChI is InChI=1S/C28H15N3O3S/c32-24-20-12-16-6-4-5-7-17(16)13-21(20)25(33)22(24)14-19-15-23-26(31(19)18-8-2-1-3-9-18)30-27(34-23)28-29-10-11-35-28/h1-15H. The lowest BCUT2D eigenvalue weighted by atomic mass is 10.0. The minimum Gasteiger partial charge on any atom is -0.432 e. The molecule has 6 aromatic rings. The number of ketones is 2. The highest BCUT2D eigenvalue weighted by Gasteiger charge is 2.34. The van der Waals surface area contributed by atoms with Crippen LogP contribution in [0.4, 0.5) is 0 Å². The molecule has 0 bridgehead atoms. The molecule has 3 heterocycles. The summed E-state index contributed by atoms with van der Waals surface area (Å²) in [5, 5.41) is 4.41. The first-order valence-corrected chi connectivity index (χ1v) is 11.9. The van der Waals surface area contributed by atoms with Crippen LogP contribution in [0.25, 0.3) is 44.7 Å². The summed E-state index contributed by atoms with van der Waals surface area (Å²) in [6.45, 7) is 0. The topological polar surface area (TPSA) is 78.0 Å². The van der Waals surface area contributed by atoms with Gasteiger partial charge in [0, 0.05) is 34.5 Å². The van der Waals surface area contributed by atoms with Crippen molar-refractivity contribution in [2.24, 2.45) is 0 Å². The lowest BCUT2D eigenvalue weighted by molar-refractivity contribution is 0.0990. The molecular weight excluding hydrogens is 458 g/mol. The van der Waals surface area contributed by atoms with E-state index in [9.17, 15) is 9.59 Å². The van der Waals surface area contributed by atoms with Gasteiger partial charge in [-0.1, -0.05) is 42.5 Å². The summed E-state index contributed by atoms with van der Waals surface area (Å²) in [5.41, 5.74) is 3.62. The summed E-state index contributed by atoms with van der Waals surface area (Å²) < 4.78 is 7.90. The Morgan fingerprint density at radius 1 is 0.857 bits per heavy atom. The second kappa shape index (κ2) is 7.44. The number of carbonyl (C=O) groups excluding carboxylic acids is 2. The van der Waals surface area contributed by atoms with E-state index in [1.165, 1.54) is 11.3 Å². The molecule has 0 aliphatic heterocycles. The fraction of sp³-hybridized carbons (Fsp3) is 0. The van der Waals surface area contributed by atoms with Gasteiger partial charge in [0.05, 0.1) is 11.3 Å². The molecule has 0 amide bonds. The van der Waals surface area contributed by atoms with Crippen LogP contribution in [-0.4, -0.2) is 26.1 Å². The van der Waals surface area contributed by atoms with Crippen molar-refractivity contribution in [1.82, 2.24) is 14.5 Å². The van der Waals surface area contributed by atoms with Gasteiger partial charge in [-0.25, -0.2) is 4.98 Å². The first-order chi connectivity index (χ1) is 17.2. The van der Waals surface area contributed by atoms with Gasteiger partial charge in [-0.05, 0) is 41.1 Å². The van der Waals surface area contributed by atoms with Gasteiger partial charge >= 0.3 is 0 Å². The average molecular weight is 474 g/mol. The molecule has 0 radical (unpaired) electrons. The summed E-state index contributed by atoms with van der Waals surface area (Å²) in [6, 6.07) is 22.8. The average Bonchev–Trinajstić information content (AvgIpc) is 3.65. The minimum atomic E-state index is -0.274. The molecule has 1 aliphatic carbocycles. The van der Waals surface area contributed by atoms with Crippen molar-refractivity contribution in [1.29, 1.82) is 0 Å². The highest BCUT2D eigenvalue weighted by atomic mass is 32.1. The van der Waals surface area contributed by atoms with Crippen molar-refractivity contribution in [3.8, 4) is 16.6 Å². The van der Waals surface area contributed by atoms with E-state index in [4.69, 9.17) is 4.42 Å². The predicted molar refractivity (Wildman–Crippen MR) is 135 cm³/mol. The SMILES string of the molecule is O=C1C(=Cc2cc3oc(-c4nccs4)nc3n2-c2ccccc2)C(=O)c2cc3ccccc3cc21. The van der Waals surface area contributed by atoms with Gasteiger partial charge in [-0.2, -0.15) is 4.98 Å². The number of para-hydroxylation sites is 1. The van der Waals surface area contributed by atoms with Crippen molar-refractivity contribution in [3.63, 3.8) is 0 Å². The third-order valence-corrected chi connectivity index (χ3v) is 6.93. The molecular formula is C28H15N3O3S. The molecule has 0 spiro atoms. The van der Waals surface area contributed by atoms with Gasteiger partial charge in [0.25, 0.3) is 5.89 Å². The van der Waals surface area contributed by atoms with E-state index in [2.05, 4.69) is 9.97 Å². The molecule has 7 rings (SSSR count). The molecule has 35 heavy (non-hydrogen) atoms. The summed E-state index contributed by atoms with van der Waals surface area (Å²) in [7, 11) is 0. The Hall–Kier alpha value is -4.62. The number of aromatic nitrogens is 3. The second-order valence-corrected chi connectivity index (χ2v) is 9.14. The van der Waals surface area contributed by atoms with Gasteiger partial charge in [-0.3, -0.25) is 14.2 Å². The van der Waals surface area contributed by atoms with Crippen LogP contribution in [0.3, 0.4) is 0 Å². The van der Waals surface area contributed by atoms with E-state index in [0.717, 1.165) is 16.5 Å². The monoisotopic (exact) mass is 473 g/mol. The molecule has 0 saturated carbocycles. The predicted octanol–water partition coefficient (Wildman–Crippen LogP) is 6.36. The van der Waals surface area contributed by atoms with Gasteiger partial charge in [-0.15, -0.1) is 11.3 Å². The molecule has 0 unspecified atom stereocenters. The molecule has 3 aromatic heterocycles. The maximum absolute atomic E-state index is 13.3. The van der Waals surface area contributed by atoms with Gasteiger partial charge in [0.2, 0.25) is 0 Å². The van der Waals surface area contributed by atoms with Crippen LogP contribution < -0.4 is 0 Å². The number of fused-ring (bicyclic) bond motifs is 3. The molecule has 3 aromatic carbocycles. The molecule has 1 aliphatic rings. The number of thiazole rings is 1. The zero-order valence-electron chi connectivity index (χ0n) is 18.1. The van der Waals surface area contributed by atoms with E-state index in [-0.39, 0.29) is 17.1 Å². The maximum atomic E-state index is 13.3. The molecule has 0 N–H and O–H groups in total. The highest BCUT2D eigenvalue weighted by Crippen LogP contribution is 2.34. The largest absolute Gasteiger partial charge is 0.432 e. The zero-order chi connectivity index (χ0) is 23.5. The number of hydrogen-bond acceptors (Lipinski definition) is 6. The lowest BCUT2D eigenvalue weighted by Gasteiger charge is -2.07. The van der Waals surface area contributed by atoms with Crippen LogP contribution >= 0.6 is 11.3 Å². The van der Waals surface area contributed by atoms with E-state index < -0.39 is 0 Å². The van der Waals surface area contributed by atoms with Crippen molar-refractivity contribution < 1.29 is 14.0 Å². The molecule has 0 saturated heterocycles. The molecule has 166 valence electrons. The smallest absolute Gasteiger partial charge is 0.258 e. The first kappa shape index (κ1) is 19.8. The summed E-state index contributed by atoms with van der Waals surface area (Å²) in [5.74, 6) is -0.116. The van der Waals surface area contributed by atoms with Crippen molar-refractivity contribution in [3.05, 3.63) is 107 Å². The lowest BCUT2D eigenvalue weighted by Crippen LogP contribution is -2.03. The Kier molecular flexibility index (Phi) is 4.21. The summed E-state index contributed by atoms with van der Waals surface area (Å²) in [4.78, 5) is 35.6. The highest BCUT2D eigenvalue weighted by molar-refractivity contribution is 7.12. The number of rotatable bonds is 3. The van der Waals surface area contributed by atoms with Gasteiger partial charge < -0.3 is 4.42 Å². The number of oxazole rings is 1. The first-order valence-electron chi connectivity index (χ1n) is 11.0. The van der Waals surface area contributed by atoms with E-state index in [1.54, 1.807) is 30.5 Å². The van der Waals surface area contributed by atoms with Gasteiger partial charge in [0.1, 0.15) is 0 Å². The molecule has 0 atom stereocenters. The molecule has 0 fully saturated rings. The van der Waals surface area contributed by atoms with Crippen LogP contribution in [0, 0.1) is 0 Å². The summed E-state index contributed by atoms with van der Waals surface area (Å²) >= 11 is 1.44. The number of allylic oxidation sites excluding steroid dienone is 1. The van der Waals surface area contributed by atoms with Crippen LogP contribution in [0.1, 0.15) is 26.4 Å². The fourth-order valence-electron chi connectivity index (χ4n) is 4.56. The Balaban J connectivity index is 1.41. The van der Waals surface area contributed by atoms with Crippen molar-refractivity contribution >= 4 is 51.0 Å². The summed E-state index contributed by atoms with van der Waals surface area (Å²) in [6.07, 6.45) is 3.34. The quantitative estimate of drug-likeness (QED) is 0.221. The zero-order valence-corrected chi connectivity index (χ0v) is 19.0. The Morgan fingerprint density at radius 3 is 2.20 bits per heavy atom. The van der Waals surface area contributed by atoms with Crippen LogP contribution in [0.5, 0.6) is 0 Å². The number of Topliss-reactive ketones (excluding diaryl/α,β-unsaturated/α-hetero) is 2. The molecule has 6 nitrogen and oxygen atoms in total. The van der Waals surface area contributed by atoms with E-state index in [1.807, 2.05) is 64.5 Å².